The zero-order valence-corrected chi connectivity index (χ0v) is 16.3. The number of rotatable bonds is 7. The quantitative estimate of drug-likeness (QED) is 0.757. The number of benzene rings is 1. The van der Waals surface area contributed by atoms with Gasteiger partial charge in [-0.05, 0) is 18.8 Å². The molecule has 2 aromatic rings. The summed E-state index contributed by atoms with van der Waals surface area (Å²) in [4.78, 5) is 34.4. The van der Waals surface area contributed by atoms with Crippen molar-refractivity contribution in [1.82, 2.24) is 9.97 Å². The maximum Gasteiger partial charge on any atom is 0.255 e. The first-order valence-corrected chi connectivity index (χ1v) is 10.00. The van der Waals surface area contributed by atoms with E-state index >= 15 is 0 Å². The van der Waals surface area contributed by atoms with E-state index in [4.69, 9.17) is 4.98 Å². The Kier molecular flexibility index (Phi) is 6.43. The van der Waals surface area contributed by atoms with Crippen LogP contribution in [0.2, 0.25) is 0 Å². The third-order valence-electron chi connectivity index (χ3n) is 5.49. The van der Waals surface area contributed by atoms with Crippen molar-refractivity contribution in [3.63, 3.8) is 0 Å². The molecule has 0 atom stereocenters. The normalized spacial score (nSPS) is 14.9. The van der Waals surface area contributed by atoms with Crippen LogP contribution < -0.4 is 10.5 Å². The number of hydrogen-bond donors (Lipinski definition) is 1. The fourth-order valence-corrected chi connectivity index (χ4v) is 3.92. The highest BCUT2D eigenvalue weighted by Crippen LogP contribution is 2.27. The third kappa shape index (κ3) is 4.85. The number of anilines is 1. The van der Waals surface area contributed by atoms with Gasteiger partial charge in [-0.2, -0.15) is 0 Å². The van der Waals surface area contributed by atoms with Gasteiger partial charge in [0, 0.05) is 18.2 Å². The molecular formula is C22H29N3O2. The summed E-state index contributed by atoms with van der Waals surface area (Å²) in [5.74, 6) is 1.10. The Balaban J connectivity index is 1.80. The molecule has 1 saturated carbocycles. The van der Waals surface area contributed by atoms with Crippen LogP contribution in [0.3, 0.4) is 0 Å². The SMILES string of the molecule is CCc1c(CC2CCCCC2)nc(N(C)CC(=O)c2ccccc2)[nH]c1=O. The molecule has 5 heteroatoms. The fraction of sp³-hybridized carbons (Fsp3) is 0.500. The fourth-order valence-electron chi connectivity index (χ4n) is 3.92. The van der Waals surface area contributed by atoms with Gasteiger partial charge < -0.3 is 4.90 Å². The summed E-state index contributed by atoms with van der Waals surface area (Å²) in [6, 6.07) is 9.21. The second-order valence-electron chi connectivity index (χ2n) is 7.52. The first-order valence-electron chi connectivity index (χ1n) is 10.00. The highest BCUT2D eigenvalue weighted by Gasteiger charge is 2.20. The Morgan fingerprint density at radius 2 is 1.89 bits per heavy atom. The molecule has 1 fully saturated rings. The Morgan fingerprint density at radius 1 is 1.19 bits per heavy atom. The van der Waals surface area contributed by atoms with Gasteiger partial charge in [0.15, 0.2) is 5.78 Å². The molecule has 1 heterocycles. The van der Waals surface area contributed by atoms with Crippen LogP contribution in [0.4, 0.5) is 5.95 Å². The van der Waals surface area contributed by atoms with E-state index in [0.717, 1.165) is 17.7 Å². The molecule has 0 spiro atoms. The minimum atomic E-state index is -0.0766. The first-order chi connectivity index (χ1) is 13.1. The molecule has 1 aromatic heterocycles. The Labute approximate surface area is 160 Å². The molecule has 144 valence electrons. The zero-order chi connectivity index (χ0) is 19.2. The molecule has 0 aliphatic heterocycles. The summed E-state index contributed by atoms with van der Waals surface area (Å²) in [5, 5.41) is 0. The molecule has 3 rings (SSSR count). The summed E-state index contributed by atoms with van der Waals surface area (Å²) in [7, 11) is 1.80. The molecule has 0 bridgehead atoms. The zero-order valence-electron chi connectivity index (χ0n) is 16.3. The van der Waals surface area contributed by atoms with E-state index in [2.05, 4.69) is 4.98 Å². The molecule has 27 heavy (non-hydrogen) atoms. The third-order valence-corrected chi connectivity index (χ3v) is 5.49. The predicted octanol–water partition coefficient (Wildman–Crippen LogP) is 3.77. The summed E-state index contributed by atoms with van der Waals surface area (Å²) in [5.41, 5.74) is 2.28. The number of likely N-dealkylation sites (N-methyl/N-ethyl adjacent to an activating group) is 1. The Bertz CT molecular complexity index is 823. The second kappa shape index (κ2) is 8.98. The average molecular weight is 367 g/mol. The Hall–Kier alpha value is -2.43. The van der Waals surface area contributed by atoms with Crippen LogP contribution in [0, 0.1) is 5.92 Å². The van der Waals surface area contributed by atoms with Crippen LogP contribution in [0.5, 0.6) is 0 Å². The molecule has 5 nitrogen and oxygen atoms in total. The van der Waals surface area contributed by atoms with Gasteiger partial charge in [-0.1, -0.05) is 69.4 Å². The van der Waals surface area contributed by atoms with Crippen molar-refractivity contribution in [3.8, 4) is 0 Å². The minimum Gasteiger partial charge on any atom is -0.338 e. The van der Waals surface area contributed by atoms with Crippen LogP contribution in [-0.2, 0) is 12.8 Å². The van der Waals surface area contributed by atoms with Crippen LogP contribution in [0.1, 0.15) is 60.6 Å². The summed E-state index contributed by atoms with van der Waals surface area (Å²) in [6.45, 7) is 2.18. The van der Waals surface area contributed by atoms with E-state index in [9.17, 15) is 9.59 Å². The van der Waals surface area contributed by atoms with Gasteiger partial charge in [-0.3, -0.25) is 14.6 Å². The van der Waals surface area contributed by atoms with Crippen LogP contribution >= 0.6 is 0 Å². The number of aromatic amines is 1. The number of hydrogen-bond acceptors (Lipinski definition) is 4. The number of H-pyrrole nitrogens is 1. The molecule has 0 saturated heterocycles. The van der Waals surface area contributed by atoms with Crippen molar-refractivity contribution in [2.45, 2.75) is 51.9 Å². The van der Waals surface area contributed by atoms with Crippen molar-refractivity contribution < 1.29 is 4.79 Å². The van der Waals surface area contributed by atoms with E-state index in [-0.39, 0.29) is 17.9 Å². The number of ketones is 1. The maximum atomic E-state index is 12.6. The summed E-state index contributed by atoms with van der Waals surface area (Å²) >= 11 is 0. The highest BCUT2D eigenvalue weighted by atomic mass is 16.1. The van der Waals surface area contributed by atoms with Gasteiger partial charge in [0.2, 0.25) is 5.95 Å². The molecule has 1 aliphatic rings. The van der Waals surface area contributed by atoms with Crippen molar-refractivity contribution >= 4 is 11.7 Å². The molecular weight excluding hydrogens is 338 g/mol. The van der Waals surface area contributed by atoms with Crippen molar-refractivity contribution in [2.24, 2.45) is 5.92 Å². The number of Topliss-reactive ketones (excluding diaryl/α,β-unsaturated/α-hetero) is 1. The maximum absolute atomic E-state index is 12.6. The van der Waals surface area contributed by atoms with Crippen LogP contribution in [-0.4, -0.2) is 29.3 Å². The predicted molar refractivity (Wildman–Crippen MR) is 109 cm³/mol. The molecule has 1 N–H and O–H groups in total. The van der Waals surface area contributed by atoms with Crippen LogP contribution in [0.15, 0.2) is 35.1 Å². The van der Waals surface area contributed by atoms with Gasteiger partial charge in [0.25, 0.3) is 5.56 Å². The first kappa shape index (κ1) is 19.3. The minimum absolute atomic E-state index is 0.00847. The average Bonchev–Trinajstić information content (AvgIpc) is 2.69. The van der Waals surface area contributed by atoms with Crippen molar-refractivity contribution in [3.05, 3.63) is 57.5 Å². The van der Waals surface area contributed by atoms with Crippen LogP contribution in [0.25, 0.3) is 0 Å². The van der Waals surface area contributed by atoms with E-state index in [1.54, 1.807) is 24.1 Å². The van der Waals surface area contributed by atoms with Gasteiger partial charge in [0.1, 0.15) is 0 Å². The van der Waals surface area contributed by atoms with Gasteiger partial charge in [-0.25, -0.2) is 4.98 Å². The molecule has 0 radical (unpaired) electrons. The molecule has 0 amide bonds. The molecule has 1 aromatic carbocycles. The highest BCUT2D eigenvalue weighted by molar-refractivity contribution is 5.98. The second-order valence-corrected chi connectivity index (χ2v) is 7.52. The number of nitrogens with zero attached hydrogens (tertiary/aromatic N) is 2. The van der Waals surface area contributed by atoms with Gasteiger partial charge >= 0.3 is 0 Å². The Morgan fingerprint density at radius 3 is 2.56 bits per heavy atom. The topological polar surface area (TPSA) is 66.1 Å². The molecule has 0 unspecified atom stereocenters. The lowest BCUT2D eigenvalue weighted by atomic mass is 9.85. The van der Waals surface area contributed by atoms with E-state index < -0.39 is 0 Å². The van der Waals surface area contributed by atoms with Gasteiger partial charge in [-0.15, -0.1) is 0 Å². The smallest absolute Gasteiger partial charge is 0.255 e. The van der Waals surface area contributed by atoms with Gasteiger partial charge in [0.05, 0.1) is 12.2 Å². The number of aromatic nitrogens is 2. The number of carbonyl (C=O) groups is 1. The van der Waals surface area contributed by atoms with E-state index in [0.29, 0.717) is 23.9 Å². The lowest BCUT2D eigenvalue weighted by Gasteiger charge is -2.23. The van der Waals surface area contributed by atoms with Crippen molar-refractivity contribution in [1.29, 1.82) is 0 Å². The lowest BCUT2D eigenvalue weighted by molar-refractivity contribution is 0.1000. The number of nitrogens with one attached hydrogen (secondary N) is 1. The molecule has 1 aliphatic carbocycles. The largest absolute Gasteiger partial charge is 0.338 e. The van der Waals surface area contributed by atoms with E-state index in [1.165, 1.54) is 32.1 Å². The number of carbonyl (C=O) groups excluding carboxylic acids is 1. The summed E-state index contributed by atoms with van der Waals surface area (Å²) < 4.78 is 0. The summed E-state index contributed by atoms with van der Waals surface area (Å²) in [6.07, 6.45) is 7.83. The van der Waals surface area contributed by atoms with E-state index in [1.807, 2.05) is 25.1 Å². The monoisotopic (exact) mass is 367 g/mol. The van der Waals surface area contributed by atoms with Crippen molar-refractivity contribution in [2.75, 3.05) is 18.5 Å². The standard InChI is InChI=1S/C22H29N3O2/c1-3-18-19(14-16-10-6-4-7-11-16)23-22(24-21(18)27)25(2)15-20(26)17-12-8-5-9-13-17/h5,8-9,12-13,16H,3-4,6-7,10-11,14-15H2,1-2H3,(H,23,24,27). The lowest BCUT2D eigenvalue weighted by Crippen LogP contribution is -2.31.